The molecule has 0 bridgehead atoms. The van der Waals surface area contributed by atoms with Gasteiger partial charge in [0, 0.05) is 37.1 Å². The first kappa shape index (κ1) is 23.4. The third-order valence-electron chi connectivity index (χ3n) is 7.27. The fourth-order valence-corrected chi connectivity index (χ4v) is 5.49. The molecule has 5 rings (SSSR count). The number of aromatic nitrogens is 4. The van der Waals surface area contributed by atoms with Crippen molar-refractivity contribution in [3.05, 3.63) is 52.8 Å². The van der Waals surface area contributed by atoms with Crippen LogP contribution in [0.2, 0.25) is 0 Å². The number of hydrogen-bond acceptors (Lipinski definition) is 7. The molecule has 0 radical (unpaired) electrons. The lowest BCUT2D eigenvalue weighted by molar-refractivity contribution is 0.101. The second kappa shape index (κ2) is 9.05. The van der Waals surface area contributed by atoms with Crippen molar-refractivity contribution in [1.82, 2.24) is 30.0 Å². The number of nitrogens with one attached hydrogen (secondary N) is 2. The molecule has 3 heterocycles. The smallest absolute Gasteiger partial charge is 0.276 e. The molecule has 2 aliphatic rings. The molecule has 0 unspecified atom stereocenters. The monoisotopic (exact) mass is 474 g/mol. The van der Waals surface area contributed by atoms with Crippen LogP contribution in [0.3, 0.4) is 0 Å². The second-order valence-electron chi connectivity index (χ2n) is 10.4. The van der Waals surface area contributed by atoms with E-state index in [9.17, 15) is 4.79 Å². The van der Waals surface area contributed by atoms with Crippen molar-refractivity contribution in [1.29, 1.82) is 0 Å². The van der Waals surface area contributed by atoms with Gasteiger partial charge in [-0.1, -0.05) is 26.0 Å². The lowest BCUT2D eigenvalue weighted by atomic mass is 9.73. The summed E-state index contributed by atoms with van der Waals surface area (Å²) < 4.78 is 1.74. The zero-order valence-corrected chi connectivity index (χ0v) is 20.9. The first-order valence-electron chi connectivity index (χ1n) is 12.2. The summed E-state index contributed by atoms with van der Waals surface area (Å²) in [6.07, 6.45) is 4.81. The molecule has 3 aromatic rings. The highest BCUT2D eigenvalue weighted by molar-refractivity contribution is 6.05. The third kappa shape index (κ3) is 4.53. The van der Waals surface area contributed by atoms with Crippen LogP contribution in [-0.4, -0.2) is 56.7 Å². The summed E-state index contributed by atoms with van der Waals surface area (Å²) in [5, 5.41) is 11.1. The number of benzene rings is 1. The number of amides is 1. The maximum atomic E-state index is 13.5. The Morgan fingerprint density at radius 2 is 2.03 bits per heavy atom. The Kier molecular flexibility index (Phi) is 6.06. The van der Waals surface area contributed by atoms with E-state index in [0.29, 0.717) is 18.2 Å². The SMILES string of the molecule is CNC1CCN(Cc2cccc(NC(=O)c3nn(C)c4c3C(C)(C)Cc3cnc(N)nc3-4)c2)CC1. The van der Waals surface area contributed by atoms with Gasteiger partial charge in [0.15, 0.2) is 5.69 Å². The fourth-order valence-electron chi connectivity index (χ4n) is 5.49. The first-order valence-corrected chi connectivity index (χ1v) is 12.2. The Labute approximate surface area is 206 Å². The quantitative estimate of drug-likeness (QED) is 0.521. The summed E-state index contributed by atoms with van der Waals surface area (Å²) in [4.78, 5) is 24.6. The summed E-state index contributed by atoms with van der Waals surface area (Å²) in [6, 6.07) is 8.72. The van der Waals surface area contributed by atoms with Crippen LogP contribution in [0, 0.1) is 0 Å². The Balaban J connectivity index is 1.38. The molecule has 1 fully saturated rings. The second-order valence-corrected chi connectivity index (χ2v) is 10.4. The predicted octanol–water partition coefficient (Wildman–Crippen LogP) is 2.73. The Bertz CT molecular complexity index is 1260. The van der Waals surface area contributed by atoms with Crippen molar-refractivity contribution in [2.24, 2.45) is 7.05 Å². The van der Waals surface area contributed by atoms with Gasteiger partial charge in [0.25, 0.3) is 5.91 Å². The fraction of sp³-hybridized carbons (Fsp3) is 0.462. The number of rotatable bonds is 5. The van der Waals surface area contributed by atoms with Gasteiger partial charge in [-0.2, -0.15) is 5.10 Å². The van der Waals surface area contributed by atoms with E-state index < -0.39 is 0 Å². The van der Waals surface area contributed by atoms with Gasteiger partial charge >= 0.3 is 0 Å². The molecule has 2 aromatic heterocycles. The van der Waals surface area contributed by atoms with E-state index in [1.165, 1.54) is 5.56 Å². The molecule has 9 heteroatoms. The number of likely N-dealkylation sites (tertiary alicyclic amines) is 1. The lowest BCUT2D eigenvalue weighted by Gasteiger charge is -2.32. The Morgan fingerprint density at radius 1 is 1.26 bits per heavy atom. The minimum absolute atomic E-state index is 0.215. The number of piperidine rings is 1. The van der Waals surface area contributed by atoms with E-state index in [1.54, 1.807) is 10.9 Å². The molecule has 1 aliphatic heterocycles. The number of fused-ring (bicyclic) bond motifs is 3. The number of carbonyl (C=O) groups is 1. The van der Waals surface area contributed by atoms with Crippen molar-refractivity contribution >= 4 is 17.5 Å². The summed E-state index contributed by atoms with van der Waals surface area (Å²) in [7, 11) is 3.88. The van der Waals surface area contributed by atoms with Crippen LogP contribution in [0.15, 0.2) is 30.5 Å². The standard InChI is InChI=1S/C26H34N8O/c1-26(2)13-17-14-29-25(27)31-21(17)23-20(26)22(32-33(23)4)24(35)30-19-7-5-6-16(12-19)15-34-10-8-18(28-3)9-11-34/h5-7,12,14,18,28H,8-11,13,15H2,1-4H3,(H,30,35)(H2,27,29,31). The molecule has 0 spiro atoms. The molecule has 1 aliphatic carbocycles. The minimum atomic E-state index is -0.302. The summed E-state index contributed by atoms with van der Waals surface area (Å²) >= 11 is 0. The summed E-state index contributed by atoms with van der Waals surface area (Å²) in [5.41, 5.74) is 11.5. The normalized spacial score (nSPS) is 17.6. The van der Waals surface area contributed by atoms with Crippen LogP contribution >= 0.6 is 0 Å². The largest absolute Gasteiger partial charge is 0.368 e. The van der Waals surface area contributed by atoms with Crippen LogP contribution in [0.25, 0.3) is 11.4 Å². The van der Waals surface area contributed by atoms with Gasteiger partial charge in [0.1, 0.15) is 0 Å². The van der Waals surface area contributed by atoms with Crippen LogP contribution in [0.4, 0.5) is 11.6 Å². The summed E-state index contributed by atoms with van der Waals surface area (Å²) in [5.74, 6) is 0.000920. The zero-order valence-electron chi connectivity index (χ0n) is 20.9. The summed E-state index contributed by atoms with van der Waals surface area (Å²) in [6.45, 7) is 7.28. The molecule has 0 atom stereocenters. The third-order valence-corrected chi connectivity index (χ3v) is 7.27. The maximum Gasteiger partial charge on any atom is 0.276 e. The highest BCUT2D eigenvalue weighted by atomic mass is 16.2. The predicted molar refractivity (Wildman–Crippen MR) is 137 cm³/mol. The molecule has 0 saturated carbocycles. The molecular weight excluding hydrogens is 440 g/mol. The highest BCUT2D eigenvalue weighted by Gasteiger charge is 2.39. The van der Waals surface area contributed by atoms with Gasteiger partial charge in [-0.3, -0.25) is 14.4 Å². The number of nitrogens with zero attached hydrogens (tertiary/aromatic N) is 5. The molecule has 35 heavy (non-hydrogen) atoms. The van der Waals surface area contributed by atoms with E-state index in [-0.39, 0.29) is 17.3 Å². The van der Waals surface area contributed by atoms with Crippen LogP contribution < -0.4 is 16.4 Å². The van der Waals surface area contributed by atoms with Gasteiger partial charge in [-0.05, 0) is 68.1 Å². The van der Waals surface area contributed by atoms with E-state index in [4.69, 9.17) is 5.73 Å². The van der Waals surface area contributed by atoms with Crippen molar-refractivity contribution < 1.29 is 4.79 Å². The average molecular weight is 475 g/mol. The van der Waals surface area contributed by atoms with Gasteiger partial charge in [-0.25, -0.2) is 9.97 Å². The van der Waals surface area contributed by atoms with E-state index in [1.807, 2.05) is 26.2 Å². The van der Waals surface area contributed by atoms with E-state index in [0.717, 1.165) is 60.7 Å². The van der Waals surface area contributed by atoms with Gasteiger partial charge in [0.2, 0.25) is 5.95 Å². The molecule has 184 valence electrons. The number of carbonyl (C=O) groups excluding carboxylic acids is 1. The number of nitrogens with two attached hydrogens (primary N) is 1. The average Bonchev–Trinajstić information content (AvgIpc) is 3.19. The van der Waals surface area contributed by atoms with Crippen molar-refractivity contribution in [2.75, 3.05) is 31.2 Å². The first-order chi connectivity index (χ1) is 16.7. The topological polar surface area (TPSA) is 114 Å². The number of anilines is 2. The number of aryl methyl sites for hydroxylation is 1. The van der Waals surface area contributed by atoms with Crippen molar-refractivity contribution in [3.63, 3.8) is 0 Å². The molecule has 1 amide bonds. The van der Waals surface area contributed by atoms with Gasteiger partial charge < -0.3 is 16.4 Å². The Hall–Kier alpha value is -3.30. The molecule has 1 aromatic carbocycles. The van der Waals surface area contributed by atoms with Gasteiger partial charge in [0.05, 0.1) is 11.4 Å². The lowest BCUT2D eigenvalue weighted by Crippen LogP contribution is -2.40. The number of nitrogen functional groups attached to an aromatic ring is 1. The minimum Gasteiger partial charge on any atom is -0.368 e. The Morgan fingerprint density at radius 3 is 2.77 bits per heavy atom. The van der Waals surface area contributed by atoms with Crippen molar-refractivity contribution in [3.8, 4) is 11.4 Å². The van der Waals surface area contributed by atoms with Crippen LogP contribution in [0.1, 0.15) is 53.9 Å². The molecule has 1 saturated heterocycles. The van der Waals surface area contributed by atoms with Crippen LogP contribution in [-0.2, 0) is 25.4 Å². The molecule has 9 nitrogen and oxygen atoms in total. The van der Waals surface area contributed by atoms with Crippen LogP contribution in [0.5, 0.6) is 0 Å². The maximum absolute atomic E-state index is 13.5. The molecule has 4 N–H and O–H groups in total. The molecular formula is C26H34N8O. The highest BCUT2D eigenvalue weighted by Crippen LogP contribution is 2.43. The zero-order chi connectivity index (χ0) is 24.7. The van der Waals surface area contributed by atoms with E-state index in [2.05, 4.69) is 56.6 Å². The van der Waals surface area contributed by atoms with Gasteiger partial charge in [-0.15, -0.1) is 0 Å². The van der Waals surface area contributed by atoms with E-state index >= 15 is 0 Å². The van der Waals surface area contributed by atoms with Crippen molar-refractivity contribution in [2.45, 2.75) is 51.1 Å². The number of hydrogen-bond donors (Lipinski definition) is 3.